The van der Waals surface area contributed by atoms with Crippen LogP contribution >= 0.6 is 11.8 Å². The third-order valence-electron chi connectivity index (χ3n) is 3.27. The first-order valence-corrected chi connectivity index (χ1v) is 7.65. The largest absolute Gasteiger partial charge is 0.370 e. The smallest absolute Gasteiger partial charge is 0.197 e. The van der Waals surface area contributed by atoms with E-state index >= 15 is 0 Å². The standard InChI is InChI=1S/C13H18N6S/c1-4-14-10-7-11(16-12(15-10)9-5-6-9)20-13-18-17-8(2)19(13)3/h7,9H,4-6H2,1-3H3,(H,14,15,16). The first-order valence-electron chi connectivity index (χ1n) is 6.84. The predicted octanol–water partition coefficient (Wildman–Crippen LogP) is 2.37. The van der Waals surface area contributed by atoms with Crippen LogP contribution < -0.4 is 5.32 Å². The second kappa shape index (κ2) is 5.40. The van der Waals surface area contributed by atoms with Gasteiger partial charge in [0.2, 0.25) is 0 Å². The van der Waals surface area contributed by atoms with Gasteiger partial charge in [0.1, 0.15) is 22.5 Å². The lowest BCUT2D eigenvalue weighted by atomic mass is 10.4. The number of anilines is 1. The van der Waals surface area contributed by atoms with Crippen LogP contribution in [0, 0.1) is 6.92 Å². The van der Waals surface area contributed by atoms with Gasteiger partial charge in [0, 0.05) is 25.6 Å². The Morgan fingerprint density at radius 1 is 1.35 bits per heavy atom. The SMILES string of the molecule is CCNc1cc(Sc2nnc(C)n2C)nc(C2CC2)n1. The second-order valence-electron chi connectivity index (χ2n) is 4.95. The molecule has 1 fully saturated rings. The van der Waals surface area contributed by atoms with E-state index in [4.69, 9.17) is 0 Å². The minimum atomic E-state index is 0.536. The Bertz CT molecular complexity index is 619. The van der Waals surface area contributed by atoms with Crippen LogP contribution in [0.4, 0.5) is 5.82 Å². The minimum Gasteiger partial charge on any atom is -0.370 e. The molecule has 1 N–H and O–H groups in total. The van der Waals surface area contributed by atoms with E-state index in [0.29, 0.717) is 5.92 Å². The number of nitrogens with zero attached hydrogens (tertiary/aromatic N) is 5. The Morgan fingerprint density at radius 3 is 2.75 bits per heavy atom. The summed E-state index contributed by atoms with van der Waals surface area (Å²) in [6.45, 7) is 4.86. The van der Waals surface area contributed by atoms with E-state index in [1.54, 1.807) is 0 Å². The van der Waals surface area contributed by atoms with Gasteiger partial charge in [0.25, 0.3) is 0 Å². The number of nitrogens with one attached hydrogen (secondary N) is 1. The number of hydrogen-bond acceptors (Lipinski definition) is 6. The van der Waals surface area contributed by atoms with Crippen LogP contribution in [0.2, 0.25) is 0 Å². The highest BCUT2D eigenvalue weighted by Gasteiger charge is 2.27. The van der Waals surface area contributed by atoms with Gasteiger partial charge in [-0.1, -0.05) is 0 Å². The van der Waals surface area contributed by atoms with Crippen LogP contribution in [0.25, 0.3) is 0 Å². The van der Waals surface area contributed by atoms with Gasteiger partial charge in [-0.3, -0.25) is 0 Å². The molecule has 20 heavy (non-hydrogen) atoms. The zero-order chi connectivity index (χ0) is 14.1. The number of aryl methyl sites for hydroxylation is 1. The first kappa shape index (κ1) is 13.4. The zero-order valence-corrected chi connectivity index (χ0v) is 12.7. The van der Waals surface area contributed by atoms with E-state index in [9.17, 15) is 0 Å². The molecule has 0 saturated heterocycles. The van der Waals surface area contributed by atoms with Gasteiger partial charge in [-0.15, -0.1) is 10.2 Å². The molecule has 6 nitrogen and oxygen atoms in total. The molecule has 1 saturated carbocycles. The fraction of sp³-hybridized carbons (Fsp3) is 0.538. The predicted molar refractivity (Wildman–Crippen MR) is 78.0 cm³/mol. The Labute approximate surface area is 122 Å². The quantitative estimate of drug-likeness (QED) is 0.853. The zero-order valence-electron chi connectivity index (χ0n) is 11.9. The molecule has 0 aromatic carbocycles. The summed E-state index contributed by atoms with van der Waals surface area (Å²) in [6, 6.07) is 1.98. The number of hydrogen-bond donors (Lipinski definition) is 1. The lowest BCUT2D eigenvalue weighted by Gasteiger charge is -2.08. The second-order valence-corrected chi connectivity index (χ2v) is 5.93. The Kier molecular flexibility index (Phi) is 3.60. The van der Waals surface area contributed by atoms with Crippen molar-refractivity contribution in [2.24, 2.45) is 7.05 Å². The van der Waals surface area contributed by atoms with Crippen molar-refractivity contribution in [3.05, 3.63) is 17.7 Å². The van der Waals surface area contributed by atoms with Crippen LogP contribution in [0.3, 0.4) is 0 Å². The van der Waals surface area contributed by atoms with Gasteiger partial charge in [-0.25, -0.2) is 9.97 Å². The van der Waals surface area contributed by atoms with Crippen LogP contribution in [0.1, 0.15) is 37.3 Å². The average molecular weight is 290 g/mol. The molecule has 0 atom stereocenters. The third kappa shape index (κ3) is 2.77. The molecule has 1 aliphatic rings. The van der Waals surface area contributed by atoms with Gasteiger partial charge in [-0.2, -0.15) is 0 Å². The van der Waals surface area contributed by atoms with E-state index in [2.05, 4.69) is 32.4 Å². The van der Waals surface area contributed by atoms with Crippen LogP contribution in [0.15, 0.2) is 16.2 Å². The normalized spacial score (nSPS) is 14.6. The van der Waals surface area contributed by atoms with Crippen molar-refractivity contribution in [3.8, 4) is 0 Å². The van der Waals surface area contributed by atoms with Gasteiger partial charge in [0.05, 0.1) is 0 Å². The molecule has 106 valence electrons. The average Bonchev–Trinajstić information content (AvgIpc) is 3.22. The molecule has 0 bridgehead atoms. The van der Waals surface area contributed by atoms with E-state index in [-0.39, 0.29) is 0 Å². The van der Waals surface area contributed by atoms with E-state index in [0.717, 1.165) is 34.2 Å². The number of rotatable bonds is 5. The maximum absolute atomic E-state index is 4.65. The molecule has 1 aliphatic carbocycles. The van der Waals surface area contributed by atoms with E-state index in [1.807, 2.05) is 24.6 Å². The monoisotopic (exact) mass is 290 g/mol. The van der Waals surface area contributed by atoms with Gasteiger partial charge in [0.15, 0.2) is 5.16 Å². The molecule has 0 spiro atoms. The summed E-state index contributed by atoms with van der Waals surface area (Å²) in [4.78, 5) is 9.23. The van der Waals surface area contributed by atoms with Crippen molar-refractivity contribution >= 4 is 17.6 Å². The molecule has 0 unspecified atom stereocenters. The Morgan fingerprint density at radius 2 is 2.15 bits per heavy atom. The van der Waals surface area contributed by atoms with Gasteiger partial charge < -0.3 is 9.88 Å². The van der Waals surface area contributed by atoms with E-state index < -0.39 is 0 Å². The van der Waals surface area contributed by atoms with Crippen molar-refractivity contribution < 1.29 is 0 Å². The number of aromatic nitrogens is 5. The molecule has 2 heterocycles. The highest BCUT2D eigenvalue weighted by atomic mass is 32.2. The topological polar surface area (TPSA) is 68.5 Å². The van der Waals surface area contributed by atoms with Crippen LogP contribution in [-0.4, -0.2) is 31.3 Å². The molecule has 2 aromatic rings. The van der Waals surface area contributed by atoms with E-state index in [1.165, 1.54) is 24.6 Å². The molecule has 0 radical (unpaired) electrons. The van der Waals surface area contributed by atoms with Crippen LogP contribution in [0.5, 0.6) is 0 Å². The molecule has 2 aromatic heterocycles. The summed E-state index contributed by atoms with van der Waals surface area (Å²) in [7, 11) is 1.96. The fourth-order valence-electron chi connectivity index (χ4n) is 1.86. The summed E-state index contributed by atoms with van der Waals surface area (Å²) >= 11 is 1.53. The summed E-state index contributed by atoms with van der Waals surface area (Å²) in [6.07, 6.45) is 2.39. The van der Waals surface area contributed by atoms with Crippen molar-refractivity contribution in [2.45, 2.75) is 42.8 Å². The minimum absolute atomic E-state index is 0.536. The molecular weight excluding hydrogens is 272 g/mol. The molecule has 7 heteroatoms. The molecule has 0 aliphatic heterocycles. The van der Waals surface area contributed by atoms with Crippen molar-refractivity contribution in [3.63, 3.8) is 0 Å². The van der Waals surface area contributed by atoms with Crippen molar-refractivity contribution in [1.82, 2.24) is 24.7 Å². The summed E-state index contributed by atoms with van der Waals surface area (Å²) in [5.74, 6) is 3.28. The lowest BCUT2D eigenvalue weighted by molar-refractivity contribution is 0.763. The van der Waals surface area contributed by atoms with Crippen molar-refractivity contribution in [2.75, 3.05) is 11.9 Å². The lowest BCUT2D eigenvalue weighted by Crippen LogP contribution is -2.04. The Hall–Kier alpha value is -1.63. The molecule has 0 amide bonds. The fourth-order valence-corrected chi connectivity index (χ4v) is 2.71. The maximum atomic E-state index is 4.65. The van der Waals surface area contributed by atoms with Crippen molar-refractivity contribution in [1.29, 1.82) is 0 Å². The summed E-state index contributed by atoms with van der Waals surface area (Å²) in [5, 5.41) is 13.3. The first-order chi connectivity index (χ1) is 9.67. The third-order valence-corrected chi connectivity index (χ3v) is 4.23. The summed E-state index contributed by atoms with van der Waals surface area (Å²) in [5.41, 5.74) is 0. The van der Waals surface area contributed by atoms with Crippen LogP contribution in [-0.2, 0) is 7.05 Å². The van der Waals surface area contributed by atoms with Gasteiger partial charge in [-0.05, 0) is 38.5 Å². The highest BCUT2D eigenvalue weighted by Crippen LogP contribution is 2.39. The molecule has 3 rings (SSSR count). The Balaban J connectivity index is 1.89. The summed E-state index contributed by atoms with van der Waals surface area (Å²) < 4.78 is 1.97. The molecular formula is C13H18N6S. The highest BCUT2D eigenvalue weighted by molar-refractivity contribution is 7.99. The van der Waals surface area contributed by atoms with Gasteiger partial charge >= 0.3 is 0 Å². The maximum Gasteiger partial charge on any atom is 0.197 e.